The number of aromatic nitrogens is 1. The minimum atomic E-state index is 1.07. The van der Waals surface area contributed by atoms with E-state index in [9.17, 15) is 0 Å². The number of anilines is 3. The number of hydrogen-bond acceptors (Lipinski definition) is 1. The average molecular weight is 791 g/mol. The number of para-hydroxylation sites is 2. The van der Waals surface area contributed by atoms with Crippen LogP contribution in [-0.4, -0.2) is 4.57 Å². The SMILES string of the molecule is c1ccc(-c2ccccc2-c2ccc(N(c3ccc4c5ccccc5n(-c5ccccc5)c4c3)c3ccc(-c4ccccc4-c4ccccc4)cc3-c3ccccc3)cc2)cc1. The van der Waals surface area contributed by atoms with E-state index in [0.717, 1.165) is 39.4 Å². The van der Waals surface area contributed by atoms with Crippen molar-refractivity contribution in [3.8, 4) is 61.3 Å². The highest BCUT2D eigenvalue weighted by Crippen LogP contribution is 2.46. The first kappa shape index (κ1) is 36.8. The van der Waals surface area contributed by atoms with E-state index in [0.29, 0.717) is 0 Å². The molecule has 2 nitrogen and oxygen atoms in total. The van der Waals surface area contributed by atoms with Crippen LogP contribution in [0.15, 0.2) is 255 Å². The second-order valence-corrected chi connectivity index (χ2v) is 15.7. The van der Waals surface area contributed by atoms with Crippen molar-refractivity contribution in [3.63, 3.8) is 0 Å². The van der Waals surface area contributed by atoms with Crippen molar-refractivity contribution in [2.24, 2.45) is 0 Å². The third-order valence-corrected chi connectivity index (χ3v) is 12.0. The highest BCUT2D eigenvalue weighted by molar-refractivity contribution is 6.10. The first-order valence-electron chi connectivity index (χ1n) is 21.3. The molecule has 0 spiro atoms. The first-order chi connectivity index (χ1) is 30.8. The molecule has 10 aromatic carbocycles. The van der Waals surface area contributed by atoms with Gasteiger partial charge in [0.1, 0.15) is 0 Å². The lowest BCUT2D eigenvalue weighted by Gasteiger charge is -2.29. The molecule has 0 aliphatic heterocycles. The zero-order valence-electron chi connectivity index (χ0n) is 34.1. The minimum Gasteiger partial charge on any atom is -0.310 e. The van der Waals surface area contributed by atoms with E-state index in [-0.39, 0.29) is 0 Å². The van der Waals surface area contributed by atoms with E-state index < -0.39 is 0 Å². The Balaban J connectivity index is 1.14. The molecule has 0 amide bonds. The van der Waals surface area contributed by atoms with Gasteiger partial charge in [-0.15, -0.1) is 0 Å². The van der Waals surface area contributed by atoms with Gasteiger partial charge in [-0.05, 0) is 105 Å². The summed E-state index contributed by atoms with van der Waals surface area (Å²) >= 11 is 0. The van der Waals surface area contributed by atoms with E-state index in [1.165, 1.54) is 60.8 Å². The van der Waals surface area contributed by atoms with Gasteiger partial charge in [-0.1, -0.05) is 200 Å². The van der Waals surface area contributed by atoms with Crippen LogP contribution in [0.5, 0.6) is 0 Å². The van der Waals surface area contributed by atoms with Gasteiger partial charge in [-0.2, -0.15) is 0 Å². The van der Waals surface area contributed by atoms with Crippen molar-refractivity contribution in [2.45, 2.75) is 0 Å². The predicted molar refractivity (Wildman–Crippen MR) is 263 cm³/mol. The van der Waals surface area contributed by atoms with Gasteiger partial charge in [-0.25, -0.2) is 0 Å². The first-order valence-corrected chi connectivity index (χ1v) is 21.3. The van der Waals surface area contributed by atoms with Gasteiger partial charge in [-0.3, -0.25) is 0 Å². The van der Waals surface area contributed by atoms with Crippen LogP contribution >= 0.6 is 0 Å². The van der Waals surface area contributed by atoms with E-state index in [1.54, 1.807) is 0 Å². The van der Waals surface area contributed by atoms with Crippen LogP contribution in [0.25, 0.3) is 83.1 Å². The summed E-state index contributed by atoms with van der Waals surface area (Å²) in [5, 5.41) is 2.45. The molecule has 0 unspecified atom stereocenters. The van der Waals surface area contributed by atoms with E-state index in [4.69, 9.17) is 0 Å². The molecule has 11 rings (SSSR count). The molecule has 0 N–H and O–H groups in total. The molecule has 1 aromatic heterocycles. The van der Waals surface area contributed by atoms with Crippen LogP contribution in [0.1, 0.15) is 0 Å². The van der Waals surface area contributed by atoms with Crippen molar-refractivity contribution in [1.29, 1.82) is 0 Å². The zero-order valence-corrected chi connectivity index (χ0v) is 34.1. The van der Waals surface area contributed by atoms with Crippen LogP contribution in [0, 0.1) is 0 Å². The Morgan fingerprint density at radius 3 is 1.26 bits per heavy atom. The maximum atomic E-state index is 2.44. The minimum absolute atomic E-state index is 1.07. The Morgan fingerprint density at radius 1 is 0.258 bits per heavy atom. The molecule has 62 heavy (non-hydrogen) atoms. The molecular formula is C60H42N2. The molecule has 0 aliphatic rings. The van der Waals surface area contributed by atoms with E-state index >= 15 is 0 Å². The van der Waals surface area contributed by atoms with Gasteiger partial charge < -0.3 is 9.47 Å². The summed E-state index contributed by atoms with van der Waals surface area (Å²) < 4.78 is 2.40. The van der Waals surface area contributed by atoms with E-state index in [1.807, 2.05) is 0 Å². The molecule has 0 radical (unpaired) electrons. The molecule has 1 heterocycles. The average Bonchev–Trinajstić information content (AvgIpc) is 3.69. The maximum Gasteiger partial charge on any atom is 0.0561 e. The number of hydrogen-bond donors (Lipinski definition) is 0. The Labute approximate surface area is 362 Å². The maximum absolute atomic E-state index is 2.44. The summed E-state index contributed by atoms with van der Waals surface area (Å²) in [6.45, 7) is 0. The quantitative estimate of drug-likeness (QED) is 0.141. The van der Waals surface area contributed by atoms with Gasteiger partial charge in [0.2, 0.25) is 0 Å². The Bertz CT molecular complexity index is 3310. The lowest BCUT2D eigenvalue weighted by atomic mass is 9.91. The van der Waals surface area contributed by atoms with Crippen LogP contribution < -0.4 is 4.90 Å². The number of fused-ring (bicyclic) bond motifs is 3. The van der Waals surface area contributed by atoms with Gasteiger partial charge in [0.05, 0.1) is 16.7 Å². The fraction of sp³-hybridized carbons (Fsp3) is 0. The van der Waals surface area contributed by atoms with Crippen LogP contribution in [-0.2, 0) is 0 Å². The largest absolute Gasteiger partial charge is 0.310 e. The van der Waals surface area contributed by atoms with Crippen molar-refractivity contribution >= 4 is 38.9 Å². The Morgan fingerprint density at radius 2 is 0.677 bits per heavy atom. The zero-order chi connectivity index (χ0) is 41.2. The molecule has 0 saturated heterocycles. The molecule has 0 atom stereocenters. The molecule has 0 fully saturated rings. The molecule has 0 aliphatic carbocycles. The molecule has 292 valence electrons. The van der Waals surface area contributed by atoms with Crippen LogP contribution in [0.3, 0.4) is 0 Å². The highest BCUT2D eigenvalue weighted by atomic mass is 15.1. The van der Waals surface area contributed by atoms with Crippen molar-refractivity contribution in [1.82, 2.24) is 4.57 Å². The Kier molecular flexibility index (Phi) is 9.57. The summed E-state index contributed by atoms with van der Waals surface area (Å²) in [7, 11) is 0. The smallest absolute Gasteiger partial charge is 0.0561 e. The second kappa shape index (κ2) is 16.1. The topological polar surface area (TPSA) is 8.17 Å². The third kappa shape index (κ3) is 6.74. The molecular weight excluding hydrogens is 749 g/mol. The van der Waals surface area contributed by atoms with Crippen LogP contribution in [0.2, 0.25) is 0 Å². The monoisotopic (exact) mass is 790 g/mol. The number of benzene rings is 10. The number of rotatable bonds is 9. The predicted octanol–water partition coefficient (Wildman–Crippen LogP) is 16.6. The fourth-order valence-electron chi connectivity index (χ4n) is 9.13. The summed E-state index contributed by atoms with van der Waals surface area (Å²) in [6.07, 6.45) is 0. The van der Waals surface area contributed by atoms with E-state index in [2.05, 4.69) is 264 Å². The van der Waals surface area contributed by atoms with Crippen molar-refractivity contribution < 1.29 is 0 Å². The normalized spacial score (nSPS) is 11.2. The molecule has 0 bridgehead atoms. The van der Waals surface area contributed by atoms with Crippen molar-refractivity contribution in [2.75, 3.05) is 4.90 Å². The Hall–Kier alpha value is -8.20. The summed E-state index contributed by atoms with van der Waals surface area (Å²) in [5.41, 5.74) is 18.6. The molecule has 2 heteroatoms. The lowest BCUT2D eigenvalue weighted by Crippen LogP contribution is -2.11. The third-order valence-electron chi connectivity index (χ3n) is 12.0. The highest BCUT2D eigenvalue weighted by Gasteiger charge is 2.22. The van der Waals surface area contributed by atoms with Gasteiger partial charge in [0.25, 0.3) is 0 Å². The summed E-state index contributed by atoms with van der Waals surface area (Å²) in [5.74, 6) is 0. The van der Waals surface area contributed by atoms with Gasteiger partial charge >= 0.3 is 0 Å². The fourth-order valence-corrected chi connectivity index (χ4v) is 9.13. The standard InChI is InChI=1S/C60H42N2/c1-5-19-43(20-6-1)51-27-13-14-29-53(51)46-33-36-49(37-34-46)61(50-38-39-56-55-31-17-18-32-58(55)62(60(56)42-50)48-25-11-4-12-26-48)59-40-35-47(41-57(59)45-23-9-3-10-24-45)54-30-16-15-28-52(54)44-21-7-2-8-22-44/h1-42H. The number of nitrogens with zero attached hydrogens (tertiary/aromatic N) is 2. The summed E-state index contributed by atoms with van der Waals surface area (Å²) in [4.78, 5) is 2.44. The lowest BCUT2D eigenvalue weighted by molar-refractivity contribution is 1.18. The van der Waals surface area contributed by atoms with Gasteiger partial charge in [0.15, 0.2) is 0 Å². The van der Waals surface area contributed by atoms with Crippen LogP contribution in [0.4, 0.5) is 17.1 Å². The molecule has 11 aromatic rings. The van der Waals surface area contributed by atoms with Crippen molar-refractivity contribution in [3.05, 3.63) is 255 Å². The second-order valence-electron chi connectivity index (χ2n) is 15.7. The summed E-state index contributed by atoms with van der Waals surface area (Å²) in [6, 6.07) is 92.1. The molecule has 0 saturated carbocycles. The van der Waals surface area contributed by atoms with Gasteiger partial charge in [0, 0.05) is 33.4 Å².